The van der Waals surface area contributed by atoms with Crippen LogP contribution in [0.5, 0.6) is 0 Å². The van der Waals surface area contributed by atoms with Crippen LogP contribution in [0.25, 0.3) is 0 Å². The van der Waals surface area contributed by atoms with Crippen molar-refractivity contribution in [2.45, 2.75) is 19.8 Å². The lowest BCUT2D eigenvalue weighted by Crippen LogP contribution is -2.35. The standard InChI is InChI=1S/C14H15ClN2O3/c1-8-6-7-16-12(15)11(8)17-13(18)9-4-2-3-5-10(9)14(19)20/h2-3,6-7,9-10H,4-5H2,1H3,(H,17,18)(H,19,20)/t9-,10+/m1/s1. The van der Waals surface area contributed by atoms with Crippen molar-refractivity contribution in [1.82, 2.24) is 4.98 Å². The van der Waals surface area contributed by atoms with Crippen molar-refractivity contribution in [3.05, 3.63) is 35.1 Å². The first-order valence-electron chi connectivity index (χ1n) is 6.30. The van der Waals surface area contributed by atoms with Gasteiger partial charge in [-0.1, -0.05) is 23.8 Å². The summed E-state index contributed by atoms with van der Waals surface area (Å²) >= 11 is 5.96. The number of aryl methyl sites for hydroxylation is 1. The van der Waals surface area contributed by atoms with E-state index < -0.39 is 17.8 Å². The average molecular weight is 295 g/mol. The van der Waals surface area contributed by atoms with E-state index in [1.165, 1.54) is 0 Å². The van der Waals surface area contributed by atoms with Crippen LogP contribution in [0.3, 0.4) is 0 Å². The van der Waals surface area contributed by atoms with Crippen LogP contribution in [0.1, 0.15) is 18.4 Å². The maximum absolute atomic E-state index is 12.3. The molecule has 0 spiro atoms. The number of hydrogen-bond donors (Lipinski definition) is 2. The minimum absolute atomic E-state index is 0.205. The van der Waals surface area contributed by atoms with Crippen molar-refractivity contribution in [3.8, 4) is 0 Å². The molecule has 0 unspecified atom stereocenters. The Morgan fingerprint density at radius 1 is 1.35 bits per heavy atom. The molecule has 2 N–H and O–H groups in total. The molecule has 6 heteroatoms. The molecule has 106 valence electrons. The minimum atomic E-state index is -0.955. The quantitative estimate of drug-likeness (QED) is 0.663. The zero-order valence-electron chi connectivity index (χ0n) is 11.0. The van der Waals surface area contributed by atoms with E-state index in [4.69, 9.17) is 11.6 Å². The van der Waals surface area contributed by atoms with Crippen LogP contribution in [0.15, 0.2) is 24.4 Å². The number of carbonyl (C=O) groups is 2. The van der Waals surface area contributed by atoms with E-state index in [1.807, 2.05) is 6.08 Å². The first-order valence-corrected chi connectivity index (χ1v) is 6.68. The zero-order valence-corrected chi connectivity index (χ0v) is 11.7. The Labute approximate surface area is 121 Å². The van der Waals surface area contributed by atoms with E-state index in [0.29, 0.717) is 18.5 Å². The SMILES string of the molecule is Cc1ccnc(Cl)c1NC(=O)[C@@H]1CC=CC[C@@H]1C(=O)O. The molecule has 0 aliphatic heterocycles. The predicted molar refractivity (Wildman–Crippen MR) is 75.6 cm³/mol. The van der Waals surface area contributed by atoms with Crippen LogP contribution in [0, 0.1) is 18.8 Å². The Bertz CT molecular complexity index is 551. The van der Waals surface area contributed by atoms with E-state index in [2.05, 4.69) is 10.3 Å². The number of allylic oxidation sites excluding steroid dienone is 2. The van der Waals surface area contributed by atoms with E-state index in [1.54, 1.807) is 25.3 Å². The molecule has 2 rings (SSSR count). The van der Waals surface area contributed by atoms with Gasteiger partial charge < -0.3 is 10.4 Å². The zero-order chi connectivity index (χ0) is 14.7. The van der Waals surface area contributed by atoms with Crippen molar-refractivity contribution in [2.24, 2.45) is 11.8 Å². The largest absolute Gasteiger partial charge is 0.481 e. The smallest absolute Gasteiger partial charge is 0.307 e. The van der Waals surface area contributed by atoms with Gasteiger partial charge in [-0.25, -0.2) is 4.98 Å². The highest BCUT2D eigenvalue weighted by Gasteiger charge is 2.34. The lowest BCUT2D eigenvalue weighted by molar-refractivity contribution is -0.146. The third-order valence-corrected chi connectivity index (χ3v) is 3.73. The summed E-state index contributed by atoms with van der Waals surface area (Å²) < 4.78 is 0. The summed E-state index contributed by atoms with van der Waals surface area (Å²) in [6, 6.07) is 1.73. The van der Waals surface area contributed by atoms with E-state index in [0.717, 1.165) is 5.56 Å². The van der Waals surface area contributed by atoms with Crippen molar-refractivity contribution in [3.63, 3.8) is 0 Å². The van der Waals surface area contributed by atoms with Gasteiger partial charge in [-0.3, -0.25) is 9.59 Å². The first kappa shape index (κ1) is 14.5. The maximum Gasteiger partial charge on any atom is 0.307 e. The fraction of sp³-hybridized carbons (Fsp3) is 0.357. The van der Waals surface area contributed by atoms with Gasteiger partial charge in [-0.05, 0) is 31.4 Å². The van der Waals surface area contributed by atoms with Crippen molar-refractivity contribution < 1.29 is 14.7 Å². The molecule has 1 aliphatic carbocycles. The van der Waals surface area contributed by atoms with Crippen LogP contribution < -0.4 is 5.32 Å². The van der Waals surface area contributed by atoms with Crippen molar-refractivity contribution in [2.75, 3.05) is 5.32 Å². The summed E-state index contributed by atoms with van der Waals surface area (Å²) in [7, 11) is 0. The number of carbonyl (C=O) groups excluding carboxylic acids is 1. The molecule has 1 aromatic rings. The lowest BCUT2D eigenvalue weighted by atomic mass is 9.82. The summed E-state index contributed by atoms with van der Waals surface area (Å²) in [6.07, 6.45) is 5.97. The second kappa shape index (κ2) is 6.05. The van der Waals surface area contributed by atoms with Crippen molar-refractivity contribution in [1.29, 1.82) is 0 Å². The summed E-state index contributed by atoms with van der Waals surface area (Å²) in [6.45, 7) is 1.80. The Morgan fingerprint density at radius 2 is 2.00 bits per heavy atom. The van der Waals surface area contributed by atoms with E-state index >= 15 is 0 Å². The molecule has 2 atom stereocenters. The van der Waals surface area contributed by atoms with Crippen molar-refractivity contribution >= 4 is 29.2 Å². The molecule has 5 nitrogen and oxygen atoms in total. The first-order chi connectivity index (χ1) is 9.50. The van der Waals surface area contributed by atoms with Gasteiger partial charge in [0, 0.05) is 6.20 Å². The Morgan fingerprint density at radius 3 is 2.60 bits per heavy atom. The van der Waals surface area contributed by atoms with Gasteiger partial charge in [0.1, 0.15) is 0 Å². The minimum Gasteiger partial charge on any atom is -0.481 e. The van der Waals surface area contributed by atoms with Gasteiger partial charge in [0.15, 0.2) is 5.15 Å². The van der Waals surface area contributed by atoms with Gasteiger partial charge in [-0.15, -0.1) is 0 Å². The predicted octanol–water partition coefficient (Wildman–Crippen LogP) is 2.65. The number of carboxylic acid groups (broad SMARTS) is 1. The molecule has 1 aliphatic rings. The molecule has 0 saturated heterocycles. The number of aliphatic carboxylic acids is 1. The van der Waals surface area contributed by atoms with Crippen LogP contribution in [-0.4, -0.2) is 22.0 Å². The van der Waals surface area contributed by atoms with Gasteiger partial charge >= 0.3 is 5.97 Å². The second-order valence-corrected chi connectivity index (χ2v) is 5.13. The molecule has 0 saturated carbocycles. The number of rotatable bonds is 3. The third-order valence-electron chi connectivity index (χ3n) is 3.45. The Kier molecular flexibility index (Phi) is 4.39. The molecule has 1 aromatic heterocycles. The number of halogens is 1. The average Bonchev–Trinajstić information content (AvgIpc) is 2.43. The molecule has 1 heterocycles. The molecular formula is C14H15ClN2O3. The number of amides is 1. The number of carboxylic acids is 1. The topological polar surface area (TPSA) is 79.3 Å². The number of pyridine rings is 1. The van der Waals surface area contributed by atoms with Gasteiger partial charge in [0.05, 0.1) is 17.5 Å². The number of hydrogen-bond acceptors (Lipinski definition) is 3. The van der Waals surface area contributed by atoms with Crippen LogP contribution in [-0.2, 0) is 9.59 Å². The highest BCUT2D eigenvalue weighted by molar-refractivity contribution is 6.32. The summed E-state index contributed by atoms with van der Waals surface area (Å²) in [5.74, 6) is -2.58. The van der Waals surface area contributed by atoms with Crippen LogP contribution in [0.2, 0.25) is 5.15 Å². The molecule has 0 radical (unpaired) electrons. The van der Waals surface area contributed by atoms with Crippen LogP contribution in [0.4, 0.5) is 5.69 Å². The second-order valence-electron chi connectivity index (χ2n) is 4.78. The third kappa shape index (κ3) is 2.99. The lowest BCUT2D eigenvalue weighted by Gasteiger charge is -2.24. The molecule has 0 bridgehead atoms. The van der Waals surface area contributed by atoms with E-state index in [9.17, 15) is 14.7 Å². The molecule has 1 amide bonds. The normalized spacial score (nSPS) is 21.5. The fourth-order valence-corrected chi connectivity index (χ4v) is 2.52. The highest BCUT2D eigenvalue weighted by atomic mass is 35.5. The molecular weight excluding hydrogens is 280 g/mol. The molecule has 0 aromatic carbocycles. The Balaban J connectivity index is 2.19. The van der Waals surface area contributed by atoms with E-state index in [-0.39, 0.29) is 11.1 Å². The van der Waals surface area contributed by atoms with Crippen LogP contribution >= 0.6 is 11.6 Å². The number of aromatic nitrogens is 1. The maximum atomic E-state index is 12.3. The Hall–Kier alpha value is -1.88. The highest BCUT2D eigenvalue weighted by Crippen LogP contribution is 2.29. The monoisotopic (exact) mass is 294 g/mol. The number of anilines is 1. The molecule has 0 fully saturated rings. The fourth-order valence-electron chi connectivity index (χ4n) is 2.27. The number of nitrogens with one attached hydrogen (secondary N) is 1. The van der Waals surface area contributed by atoms with Gasteiger partial charge in [-0.2, -0.15) is 0 Å². The van der Waals surface area contributed by atoms with Gasteiger partial charge in [0.2, 0.25) is 5.91 Å². The summed E-state index contributed by atoms with van der Waals surface area (Å²) in [5.41, 5.74) is 1.23. The number of nitrogens with zero attached hydrogens (tertiary/aromatic N) is 1. The summed E-state index contributed by atoms with van der Waals surface area (Å²) in [4.78, 5) is 27.4. The molecule has 20 heavy (non-hydrogen) atoms. The summed E-state index contributed by atoms with van der Waals surface area (Å²) in [5, 5.41) is 12.1. The van der Waals surface area contributed by atoms with Gasteiger partial charge in [0.25, 0.3) is 0 Å².